The summed E-state index contributed by atoms with van der Waals surface area (Å²) in [5.74, 6) is -0.361. The van der Waals surface area contributed by atoms with E-state index in [0.29, 0.717) is 23.3 Å². The normalized spacial score (nSPS) is 12.2. The molecule has 3 aromatic carbocycles. The standard InChI is InChI=1S/C33H39N3O5S/c1-6-8-12-27(7-2)34-32(37)24-16-17-29-28(19-24)26(21-36(29)4)18-23-14-15-25(20-30(23)41-5)33(38)35-42(39,40)31-13-10-9-11-22(31)3/h9-11,13-17,19-21,27H,6-8,12,18H2,1-5H3,(H,34,37)(H,35,38). The zero-order chi connectivity index (χ0) is 30.4. The summed E-state index contributed by atoms with van der Waals surface area (Å²) in [6, 6.07) is 17.3. The van der Waals surface area contributed by atoms with Gasteiger partial charge in [-0.3, -0.25) is 9.59 Å². The first kappa shape index (κ1) is 30.8. The minimum Gasteiger partial charge on any atom is -0.496 e. The van der Waals surface area contributed by atoms with Crippen molar-refractivity contribution in [1.82, 2.24) is 14.6 Å². The predicted octanol–water partition coefficient (Wildman–Crippen LogP) is 5.90. The summed E-state index contributed by atoms with van der Waals surface area (Å²) in [5, 5.41) is 4.13. The van der Waals surface area contributed by atoms with Gasteiger partial charge < -0.3 is 14.6 Å². The summed E-state index contributed by atoms with van der Waals surface area (Å²) in [6.45, 7) is 5.91. The van der Waals surface area contributed by atoms with E-state index < -0.39 is 15.9 Å². The summed E-state index contributed by atoms with van der Waals surface area (Å²) in [4.78, 5) is 26.1. The van der Waals surface area contributed by atoms with Crippen LogP contribution in [0.5, 0.6) is 5.75 Å². The third-order valence-electron chi connectivity index (χ3n) is 7.61. The van der Waals surface area contributed by atoms with Crippen molar-refractivity contribution < 1.29 is 22.7 Å². The highest BCUT2D eigenvalue weighted by atomic mass is 32.2. The zero-order valence-corrected chi connectivity index (χ0v) is 25.7. The van der Waals surface area contributed by atoms with Gasteiger partial charge in [-0.25, -0.2) is 13.1 Å². The van der Waals surface area contributed by atoms with E-state index in [-0.39, 0.29) is 22.4 Å². The van der Waals surface area contributed by atoms with Crippen molar-refractivity contribution in [2.24, 2.45) is 7.05 Å². The van der Waals surface area contributed by atoms with Gasteiger partial charge in [-0.05, 0) is 72.9 Å². The Kier molecular flexibility index (Phi) is 9.73. The number of amides is 2. The first-order valence-electron chi connectivity index (χ1n) is 14.3. The Labute approximate surface area is 248 Å². The molecule has 2 N–H and O–H groups in total. The van der Waals surface area contributed by atoms with Gasteiger partial charge in [0.1, 0.15) is 5.75 Å². The number of nitrogens with one attached hydrogen (secondary N) is 2. The molecule has 0 bridgehead atoms. The molecule has 0 fully saturated rings. The summed E-state index contributed by atoms with van der Waals surface area (Å²) >= 11 is 0. The number of fused-ring (bicyclic) bond motifs is 1. The lowest BCUT2D eigenvalue weighted by atomic mass is 10.00. The van der Waals surface area contributed by atoms with E-state index >= 15 is 0 Å². The molecule has 9 heteroatoms. The van der Waals surface area contributed by atoms with Crippen LogP contribution in [-0.4, -0.2) is 38.0 Å². The van der Waals surface area contributed by atoms with Crippen molar-refractivity contribution in [1.29, 1.82) is 0 Å². The van der Waals surface area contributed by atoms with Crippen LogP contribution in [0.3, 0.4) is 0 Å². The van der Waals surface area contributed by atoms with Gasteiger partial charge >= 0.3 is 0 Å². The molecule has 2 amide bonds. The molecule has 0 radical (unpaired) electrons. The van der Waals surface area contributed by atoms with Crippen molar-refractivity contribution >= 4 is 32.7 Å². The number of aromatic nitrogens is 1. The van der Waals surface area contributed by atoms with E-state index in [4.69, 9.17) is 4.74 Å². The molecular formula is C33H39N3O5S. The summed E-state index contributed by atoms with van der Waals surface area (Å²) in [6.07, 6.45) is 6.53. The van der Waals surface area contributed by atoms with Crippen molar-refractivity contribution in [2.75, 3.05) is 7.11 Å². The van der Waals surface area contributed by atoms with Gasteiger partial charge in [-0.2, -0.15) is 0 Å². The van der Waals surface area contributed by atoms with Crippen LogP contribution in [0.1, 0.15) is 76.9 Å². The number of unbranched alkanes of at least 4 members (excludes halogenated alkanes) is 1. The number of sulfonamides is 1. The van der Waals surface area contributed by atoms with Crippen LogP contribution < -0.4 is 14.8 Å². The van der Waals surface area contributed by atoms with Crippen LogP contribution in [0.4, 0.5) is 0 Å². The number of ether oxygens (including phenoxy) is 1. The number of carbonyl (C=O) groups is 2. The molecule has 0 spiro atoms. The number of benzene rings is 3. The molecule has 0 saturated heterocycles. The molecule has 8 nitrogen and oxygen atoms in total. The smallest absolute Gasteiger partial charge is 0.265 e. The molecular weight excluding hydrogens is 550 g/mol. The maximum Gasteiger partial charge on any atom is 0.265 e. The van der Waals surface area contributed by atoms with Crippen LogP contribution in [0.15, 0.2) is 71.8 Å². The third kappa shape index (κ3) is 6.85. The van der Waals surface area contributed by atoms with Gasteiger partial charge in [-0.15, -0.1) is 0 Å². The number of rotatable bonds is 12. The van der Waals surface area contributed by atoms with Crippen LogP contribution in [0.25, 0.3) is 10.9 Å². The Morgan fingerprint density at radius 2 is 1.67 bits per heavy atom. The topological polar surface area (TPSA) is 106 Å². The fourth-order valence-electron chi connectivity index (χ4n) is 5.18. The van der Waals surface area contributed by atoms with E-state index in [0.717, 1.165) is 47.7 Å². The second-order valence-corrected chi connectivity index (χ2v) is 12.3. The fraction of sp³-hybridized carbons (Fsp3) is 0.333. The Hall–Kier alpha value is -4.11. The average molecular weight is 590 g/mol. The van der Waals surface area contributed by atoms with Crippen LogP contribution in [0, 0.1) is 6.92 Å². The molecule has 0 saturated carbocycles. The third-order valence-corrected chi connectivity index (χ3v) is 9.10. The average Bonchev–Trinajstić information content (AvgIpc) is 3.29. The summed E-state index contributed by atoms with van der Waals surface area (Å²) in [5.41, 5.74) is 4.14. The van der Waals surface area contributed by atoms with Gasteiger partial charge in [0.2, 0.25) is 0 Å². The molecule has 222 valence electrons. The number of aryl methyl sites for hydroxylation is 2. The molecule has 1 heterocycles. The lowest BCUT2D eigenvalue weighted by Gasteiger charge is -2.16. The highest BCUT2D eigenvalue weighted by Crippen LogP contribution is 2.29. The van der Waals surface area contributed by atoms with Crippen LogP contribution in [-0.2, 0) is 23.5 Å². The maximum absolute atomic E-state index is 13.1. The van der Waals surface area contributed by atoms with Gasteiger partial charge in [0.25, 0.3) is 21.8 Å². The Balaban J connectivity index is 1.57. The first-order valence-corrected chi connectivity index (χ1v) is 15.7. The van der Waals surface area contributed by atoms with Crippen LogP contribution >= 0.6 is 0 Å². The number of methoxy groups -OCH3 is 1. The van der Waals surface area contributed by atoms with E-state index in [1.807, 2.05) is 36.0 Å². The highest BCUT2D eigenvalue weighted by molar-refractivity contribution is 7.90. The van der Waals surface area contributed by atoms with Crippen LogP contribution in [0.2, 0.25) is 0 Å². The van der Waals surface area contributed by atoms with E-state index in [2.05, 4.69) is 23.9 Å². The monoisotopic (exact) mass is 589 g/mol. The molecule has 4 aromatic rings. The number of nitrogens with zero attached hydrogens (tertiary/aromatic N) is 1. The SMILES string of the molecule is CCCCC(CC)NC(=O)c1ccc2c(c1)c(Cc1ccc(C(=O)NS(=O)(=O)c3ccccc3C)cc1OC)cn2C. The number of hydrogen-bond acceptors (Lipinski definition) is 5. The van der Waals surface area contributed by atoms with Gasteiger partial charge in [0, 0.05) is 47.7 Å². The Bertz CT molecular complexity index is 1710. The largest absolute Gasteiger partial charge is 0.496 e. The highest BCUT2D eigenvalue weighted by Gasteiger charge is 2.22. The van der Waals surface area contributed by atoms with Crippen molar-refractivity contribution in [2.45, 2.75) is 63.8 Å². The molecule has 0 aliphatic carbocycles. The second-order valence-electron chi connectivity index (χ2n) is 10.6. The summed E-state index contributed by atoms with van der Waals surface area (Å²) < 4.78 is 35.5. The molecule has 1 aromatic heterocycles. The van der Waals surface area contributed by atoms with Crippen molar-refractivity contribution in [3.63, 3.8) is 0 Å². The zero-order valence-electron chi connectivity index (χ0n) is 24.9. The van der Waals surface area contributed by atoms with E-state index in [9.17, 15) is 18.0 Å². The lowest BCUT2D eigenvalue weighted by Crippen LogP contribution is -2.34. The molecule has 0 aliphatic rings. The minimum atomic E-state index is -4.04. The van der Waals surface area contributed by atoms with E-state index in [1.165, 1.54) is 13.2 Å². The molecule has 1 atom stereocenters. The Morgan fingerprint density at radius 3 is 2.36 bits per heavy atom. The predicted molar refractivity (Wildman–Crippen MR) is 166 cm³/mol. The molecule has 42 heavy (non-hydrogen) atoms. The lowest BCUT2D eigenvalue weighted by molar-refractivity contribution is 0.0932. The Morgan fingerprint density at radius 1 is 0.952 bits per heavy atom. The van der Waals surface area contributed by atoms with Crippen molar-refractivity contribution in [3.05, 3.63) is 94.7 Å². The molecule has 1 unspecified atom stereocenters. The van der Waals surface area contributed by atoms with Gasteiger partial charge in [0.05, 0.1) is 12.0 Å². The van der Waals surface area contributed by atoms with Gasteiger partial charge in [0.15, 0.2) is 0 Å². The fourth-order valence-corrected chi connectivity index (χ4v) is 6.41. The summed E-state index contributed by atoms with van der Waals surface area (Å²) in [7, 11) is -0.565. The minimum absolute atomic E-state index is 0.0529. The number of hydrogen-bond donors (Lipinski definition) is 2. The van der Waals surface area contributed by atoms with Gasteiger partial charge in [-0.1, -0.05) is 51.0 Å². The molecule has 4 rings (SSSR count). The maximum atomic E-state index is 13.1. The number of carbonyl (C=O) groups excluding carboxylic acids is 2. The van der Waals surface area contributed by atoms with E-state index in [1.54, 1.807) is 43.3 Å². The quantitative estimate of drug-likeness (QED) is 0.214. The first-order chi connectivity index (χ1) is 20.1. The second kappa shape index (κ2) is 13.2. The molecule has 0 aliphatic heterocycles. The van der Waals surface area contributed by atoms with Crippen molar-refractivity contribution in [3.8, 4) is 5.75 Å².